The van der Waals surface area contributed by atoms with Gasteiger partial charge in [0.1, 0.15) is 0 Å². The fraction of sp³-hybridized carbons (Fsp3) is 0.412. The van der Waals surface area contributed by atoms with E-state index in [0.717, 1.165) is 5.39 Å². The molecule has 2 aliphatic rings. The third-order valence-corrected chi connectivity index (χ3v) is 4.82. The highest BCUT2D eigenvalue weighted by Crippen LogP contribution is 2.27. The van der Waals surface area contributed by atoms with E-state index in [2.05, 4.69) is 5.10 Å². The van der Waals surface area contributed by atoms with Gasteiger partial charge in [-0.15, -0.1) is 0 Å². The summed E-state index contributed by atoms with van der Waals surface area (Å²) in [7, 11) is 3.36. The normalized spacial score (nSPS) is 18.2. The molecular formula is C17H18N4O4. The topological polar surface area (TPSA) is 84.7 Å². The van der Waals surface area contributed by atoms with Crippen LogP contribution in [0.1, 0.15) is 23.2 Å². The van der Waals surface area contributed by atoms with Crippen LogP contribution >= 0.6 is 0 Å². The summed E-state index contributed by atoms with van der Waals surface area (Å²) in [6.45, 7) is 0.778. The summed E-state index contributed by atoms with van der Waals surface area (Å²) in [5, 5.41) is 5.20. The fourth-order valence-electron chi connectivity index (χ4n) is 3.52. The molecule has 0 N–H and O–H groups in total. The molecule has 3 heterocycles. The van der Waals surface area contributed by atoms with Gasteiger partial charge >= 0.3 is 0 Å². The molecule has 130 valence electrons. The minimum Gasteiger partial charge on any atom is -0.481 e. The van der Waals surface area contributed by atoms with Gasteiger partial charge in [-0.2, -0.15) is 5.10 Å². The lowest BCUT2D eigenvalue weighted by Crippen LogP contribution is -2.62. The number of hydrogen-bond donors (Lipinski definition) is 0. The van der Waals surface area contributed by atoms with Crippen molar-refractivity contribution in [3.05, 3.63) is 23.8 Å². The van der Waals surface area contributed by atoms with E-state index < -0.39 is 0 Å². The Morgan fingerprint density at radius 3 is 2.52 bits per heavy atom. The summed E-state index contributed by atoms with van der Waals surface area (Å²) in [4.78, 5) is 39.1. The maximum absolute atomic E-state index is 12.6. The van der Waals surface area contributed by atoms with Crippen molar-refractivity contribution in [1.82, 2.24) is 19.6 Å². The third-order valence-electron chi connectivity index (χ3n) is 4.82. The zero-order valence-electron chi connectivity index (χ0n) is 14.1. The molecule has 25 heavy (non-hydrogen) atoms. The largest absolute Gasteiger partial charge is 0.481 e. The number of likely N-dealkylation sites (tertiary alicyclic amines) is 2. The van der Waals surface area contributed by atoms with Crippen LogP contribution in [0.15, 0.2) is 18.2 Å². The van der Waals surface area contributed by atoms with Gasteiger partial charge in [0.25, 0.3) is 5.91 Å². The Balaban J connectivity index is 1.50. The number of imide groups is 1. The second kappa shape index (κ2) is 5.58. The number of hydrogen-bond acceptors (Lipinski definition) is 5. The van der Waals surface area contributed by atoms with Gasteiger partial charge in [0.05, 0.1) is 24.1 Å². The van der Waals surface area contributed by atoms with Gasteiger partial charge in [-0.25, -0.2) is 4.68 Å². The first kappa shape index (κ1) is 15.6. The molecule has 0 aliphatic carbocycles. The van der Waals surface area contributed by atoms with Crippen LogP contribution in [0.2, 0.25) is 0 Å². The Kier molecular flexibility index (Phi) is 3.48. The average molecular weight is 342 g/mol. The summed E-state index contributed by atoms with van der Waals surface area (Å²) in [5.41, 5.74) is 1.22. The summed E-state index contributed by atoms with van der Waals surface area (Å²) in [6.07, 6.45) is 0.558. The lowest BCUT2D eigenvalue weighted by atomic mass is 10.0. The van der Waals surface area contributed by atoms with Gasteiger partial charge in [-0.05, 0) is 18.2 Å². The van der Waals surface area contributed by atoms with Crippen molar-refractivity contribution in [2.75, 3.05) is 20.2 Å². The van der Waals surface area contributed by atoms with Gasteiger partial charge in [-0.3, -0.25) is 19.3 Å². The van der Waals surface area contributed by atoms with Gasteiger partial charge < -0.3 is 9.64 Å². The van der Waals surface area contributed by atoms with Crippen molar-refractivity contribution in [2.45, 2.75) is 18.9 Å². The fourth-order valence-corrected chi connectivity index (χ4v) is 3.52. The number of carbonyl (C=O) groups is 3. The highest BCUT2D eigenvalue weighted by molar-refractivity contribution is 6.03. The quantitative estimate of drug-likeness (QED) is 0.761. The molecule has 2 saturated heterocycles. The molecule has 8 heteroatoms. The highest BCUT2D eigenvalue weighted by Gasteiger charge is 2.42. The highest BCUT2D eigenvalue weighted by atomic mass is 16.5. The molecule has 2 fully saturated rings. The van der Waals surface area contributed by atoms with Gasteiger partial charge in [0.15, 0.2) is 0 Å². The molecule has 0 atom stereocenters. The number of nitrogens with zero attached hydrogens (tertiary/aromatic N) is 4. The van der Waals surface area contributed by atoms with Gasteiger partial charge in [0, 0.05) is 38.5 Å². The van der Waals surface area contributed by atoms with E-state index in [1.165, 1.54) is 4.90 Å². The lowest BCUT2D eigenvalue weighted by molar-refractivity contribution is -0.144. The molecule has 0 unspecified atom stereocenters. The molecule has 8 nitrogen and oxygen atoms in total. The molecule has 1 aromatic heterocycles. The number of rotatable bonds is 3. The number of fused-ring (bicyclic) bond motifs is 1. The van der Waals surface area contributed by atoms with E-state index in [-0.39, 0.29) is 36.6 Å². The summed E-state index contributed by atoms with van der Waals surface area (Å²) >= 11 is 0. The SMILES string of the molecule is COc1c2ccc(C(=O)N3CC(N4C(=O)CCC4=O)C3)cc2nn1C. The van der Waals surface area contributed by atoms with Gasteiger partial charge in [0.2, 0.25) is 17.7 Å². The Hall–Kier alpha value is -2.90. The number of methoxy groups -OCH3 is 1. The first-order valence-corrected chi connectivity index (χ1v) is 8.14. The van der Waals surface area contributed by atoms with Crippen LogP contribution in [0.3, 0.4) is 0 Å². The predicted molar refractivity (Wildman–Crippen MR) is 88.0 cm³/mol. The van der Waals surface area contributed by atoms with Crippen LogP contribution in [0.4, 0.5) is 0 Å². The summed E-state index contributed by atoms with van der Waals surface area (Å²) in [5.74, 6) is 0.249. The summed E-state index contributed by atoms with van der Waals surface area (Å²) in [6, 6.07) is 5.11. The minimum absolute atomic E-state index is 0.123. The molecule has 2 aromatic rings. The Morgan fingerprint density at radius 2 is 1.88 bits per heavy atom. The molecular weight excluding hydrogens is 324 g/mol. The van der Waals surface area contributed by atoms with Crippen LogP contribution in [0.5, 0.6) is 5.88 Å². The molecule has 2 aliphatic heterocycles. The zero-order valence-corrected chi connectivity index (χ0v) is 14.1. The Labute approximate surface area is 143 Å². The predicted octanol–water partition coefficient (Wildman–Crippen LogP) is 0.555. The first-order valence-electron chi connectivity index (χ1n) is 8.14. The van der Waals surface area contributed by atoms with Crippen molar-refractivity contribution in [3.8, 4) is 5.88 Å². The zero-order chi connectivity index (χ0) is 17.7. The smallest absolute Gasteiger partial charge is 0.254 e. The number of benzene rings is 1. The number of aromatic nitrogens is 2. The minimum atomic E-state index is -0.190. The lowest BCUT2D eigenvalue weighted by Gasteiger charge is -2.43. The summed E-state index contributed by atoms with van der Waals surface area (Å²) < 4.78 is 6.93. The third kappa shape index (κ3) is 2.36. The standard InChI is InChI=1S/C17H18N4O4/c1-19-17(25-2)12-4-3-10(7-13(12)18-19)16(24)20-8-11(9-20)21-14(22)5-6-15(21)23/h3-4,7,11H,5-6,8-9H2,1-2H3. The van der Waals surface area contributed by atoms with Crippen molar-refractivity contribution in [1.29, 1.82) is 0 Å². The molecule has 3 amide bonds. The number of ether oxygens (including phenoxy) is 1. The van der Waals surface area contributed by atoms with Crippen LogP contribution in [0.25, 0.3) is 10.9 Å². The molecule has 0 spiro atoms. The van der Waals surface area contributed by atoms with Crippen LogP contribution in [0, 0.1) is 0 Å². The molecule has 4 rings (SSSR count). The average Bonchev–Trinajstić information content (AvgIpc) is 3.04. The van der Waals surface area contributed by atoms with Crippen molar-refractivity contribution in [2.24, 2.45) is 7.05 Å². The van der Waals surface area contributed by atoms with E-state index in [0.29, 0.717) is 30.0 Å². The van der Waals surface area contributed by atoms with Crippen molar-refractivity contribution >= 4 is 28.6 Å². The molecule has 1 aromatic carbocycles. The van der Waals surface area contributed by atoms with E-state index in [1.54, 1.807) is 35.9 Å². The number of aryl methyl sites for hydroxylation is 1. The van der Waals surface area contributed by atoms with E-state index in [1.807, 2.05) is 6.07 Å². The van der Waals surface area contributed by atoms with E-state index >= 15 is 0 Å². The molecule has 0 radical (unpaired) electrons. The second-order valence-corrected chi connectivity index (χ2v) is 6.39. The monoisotopic (exact) mass is 342 g/mol. The number of amides is 3. The molecule has 0 saturated carbocycles. The Bertz CT molecular complexity index is 881. The van der Waals surface area contributed by atoms with Crippen LogP contribution in [-0.2, 0) is 16.6 Å². The second-order valence-electron chi connectivity index (χ2n) is 6.39. The Morgan fingerprint density at radius 1 is 1.20 bits per heavy atom. The van der Waals surface area contributed by atoms with Crippen LogP contribution < -0.4 is 4.74 Å². The number of carbonyl (C=O) groups excluding carboxylic acids is 3. The van der Waals surface area contributed by atoms with Gasteiger partial charge in [-0.1, -0.05) is 0 Å². The van der Waals surface area contributed by atoms with Crippen molar-refractivity contribution in [3.63, 3.8) is 0 Å². The molecule has 0 bridgehead atoms. The van der Waals surface area contributed by atoms with Crippen LogP contribution in [-0.4, -0.2) is 63.5 Å². The maximum Gasteiger partial charge on any atom is 0.254 e. The van der Waals surface area contributed by atoms with E-state index in [4.69, 9.17) is 4.74 Å². The van der Waals surface area contributed by atoms with E-state index in [9.17, 15) is 14.4 Å². The first-order chi connectivity index (χ1) is 12.0. The van der Waals surface area contributed by atoms with Crippen molar-refractivity contribution < 1.29 is 19.1 Å². The maximum atomic E-state index is 12.6.